The van der Waals surface area contributed by atoms with Gasteiger partial charge in [0.15, 0.2) is 0 Å². The van der Waals surface area contributed by atoms with Crippen molar-refractivity contribution in [3.05, 3.63) is 0 Å². The van der Waals surface area contributed by atoms with Crippen LogP contribution in [0.1, 0.15) is 79.6 Å². The molecular formula is C16H33N. The van der Waals surface area contributed by atoms with Gasteiger partial charge in [-0.1, -0.05) is 47.5 Å². The van der Waals surface area contributed by atoms with E-state index in [-0.39, 0.29) is 5.54 Å². The Hall–Kier alpha value is -0.0400. The average molecular weight is 239 g/mol. The fourth-order valence-corrected chi connectivity index (χ4v) is 3.24. The summed E-state index contributed by atoms with van der Waals surface area (Å²) in [6.45, 7) is 11.6. The molecule has 1 nitrogen and oxygen atoms in total. The molecule has 1 aliphatic carbocycles. The van der Waals surface area contributed by atoms with E-state index in [1.54, 1.807) is 0 Å². The molecular weight excluding hydrogens is 206 g/mol. The Morgan fingerprint density at radius 1 is 1.29 bits per heavy atom. The van der Waals surface area contributed by atoms with Crippen LogP contribution >= 0.6 is 0 Å². The van der Waals surface area contributed by atoms with Crippen LogP contribution in [0.3, 0.4) is 0 Å². The van der Waals surface area contributed by atoms with Gasteiger partial charge in [0.05, 0.1) is 0 Å². The Bertz CT molecular complexity index is 226. The van der Waals surface area contributed by atoms with Crippen LogP contribution in [0.15, 0.2) is 0 Å². The first-order chi connectivity index (χ1) is 7.70. The number of nitrogens with two attached hydrogens (primary N) is 1. The van der Waals surface area contributed by atoms with Crippen LogP contribution in [0.4, 0.5) is 0 Å². The van der Waals surface area contributed by atoms with Gasteiger partial charge in [0.1, 0.15) is 0 Å². The van der Waals surface area contributed by atoms with Gasteiger partial charge in [-0.2, -0.15) is 0 Å². The number of hydrogen-bond acceptors (Lipinski definition) is 1. The molecule has 0 heterocycles. The smallest absolute Gasteiger partial charge is 0.0157 e. The van der Waals surface area contributed by atoms with Crippen LogP contribution in [0.5, 0.6) is 0 Å². The first-order valence-corrected chi connectivity index (χ1v) is 7.49. The summed E-state index contributed by atoms with van der Waals surface area (Å²) in [6.07, 6.45) is 9.11. The summed E-state index contributed by atoms with van der Waals surface area (Å²) in [5.41, 5.74) is 7.20. The average Bonchev–Trinajstić information content (AvgIpc) is 2.13. The van der Waals surface area contributed by atoms with Gasteiger partial charge >= 0.3 is 0 Å². The molecule has 1 rings (SSSR count). The van der Waals surface area contributed by atoms with Gasteiger partial charge < -0.3 is 5.73 Å². The summed E-state index contributed by atoms with van der Waals surface area (Å²) in [6, 6.07) is 0. The van der Waals surface area contributed by atoms with Crippen LogP contribution in [0.25, 0.3) is 0 Å². The highest BCUT2D eigenvalue weighted by Gasteiger charge is 2.33. The lowest BCUT2D eigenvalue weighted by Crippen LogP contribution is -2.45. The van der Waals surface area contributed by atoms with Gasteiger partial charge in [0.2, 0.25) is 0 Å². The third-order valence-corrected chi connectivity index (χ3v) is 4.16. The number of rotatable bonds is 4. The third kappa shape index (κ3) is 5.90. The van der Waals surface area contributed by atoms with E-state index in [4.69, 9.17) is 5.73 Å². The standard InChI is InChI=1S/C16H33N/c1-13(2)11-14-7-6-8-16(17,12-14)10-9-15(3,4)5/h13-14H,6-12,17H2,1-5H3. The molecule has 0 aromatic heterocycles. The maximum atomic E-state index is 6.63. The van der Waals surface area contributed by atoms with Crippen LogP contribution in [0, 0.1) is 17.3 Å². The van der Waals surface area contributed by atoms with E-state index in [1.165, 1.54) is 44.9 Å². The molecule has 2 N–H and O–H groups in total. The van der Waals surface area contributed by atoms with Crippen LogP contribution in [-0.2, 0) is 0 Å². The van der Waals surface area contributed by atoms with E-state index in [9.17, 15) is 0 Å². The molecule has 17 heavy (non-hydrogen) atoms. The monoisotopic (exact) mass is 239 g/mol. The van der Waals surface area contributed by atoms with Gasteiger partial charge in [0, 0.05) is 5.54 Å². The van der Waals surface area contributed by atoms with E-state index in [1.807, 2.05) is 0 Å². The zero-order chi connectivity index (χ0) is 13.1. The summed E-state index contributed by atoms with van der Waals surface area (Å²) in [5, 5.41) is 0. The van der Waals surface area contributed by atoms with Crippen molar-refractivity contribution in [2.75, 3.05) is 0 Å². The Labute approximate surface area is 109 Å². The minimum Gasteiger partial charge on any atom is -0.325 e. The van der Waals surface area contributed by atoms with Crippen molar-refractivity contribution >= 4 is 0 Å². The van der Waals surface area contributed by atoms with E-state index in [0.29, 0.717) is 5.41 Å². The molecule has 2 unspecified atom stereocenters. The highest BCUT2D eigenvalue weighted by atomic mass is 14.7. The fourth-order valence-electron chi connectivity index (χ4n) is 3.24. The first kappa shape index (κ1) is 15.0. The van der Waals surface area contributed by atoms with E-state index in [0.717, 1.165) is 11.8 Å². The van der Waals surface area contributed by atoms with Crippen LogP contribution in [-0.4, -0.2) is 5.54 Å². The second-order valence-electron chi connectivity index (χ2n) is 8.01. The maximum Gasteiger partial charge on any atom is 0.0157 e. The van der Waals surface area contributed by atoms with E-state index in [2.05, 4.69) is 34.6 Å². The molecule has 102 valence electrons. The molecule has 0 bridgehead atoms. The van der Waals surface area contributed by atoms with E-state index < -0.39 is 0 Å². The predicted molar refractivity (Wildman–Crippen MR) is 77.0 cm³/mol. The Morgan fingerprint density at radius 3 is 2.47 bits per heavy atom. The lowest BCUT2D eigenvalue weighted by atomic mass is 9.70. The Kier molecular flexibility index (Phi) is 5.07. The minimum absolute atomic E-state index is 0.144. The predicted octanol–water partition coefficient (Wildman–Crippen LogP) is 4.75. The lowest BCUT2D eigenvalue weighted by molar-refractivity contribution is 0.172. The molecule has 0 saturated heterocycles. The first-order valence-electron chi connectivity index (χ1n) is 7.49. The molecule has 0 radical (unpaired) electrons. The van der Waals surface area contributed by atoms with Crippen molar-refractivity contribution in [3.8, 4) is 0 Å². The fraction of sp³-hybridized carbons (Fsp3) is 1.00. The third-order valence-electron chi connectivity index (χ3n) is 4.16. The summed E-state index contributed by atoms with van der Waals surface area (Å²) in [4.78, 5) is 0. The lowest BCUT2D eigenvalue weighted by Gasteiger charge is -2.40. The van der Waals surface area contributed by atoms with Crippen molar-refractivity contribution in [3.63, 3.8) is 0 Å². The molecule has 0 spiro atoms. The van der Waals surface area contributed by atoms with Gasteiger partial charge in [0.25, 0.3) is 0 Å². The summed E-state index contributed by atoms with van der Waals surface area (Å²) < 4.78 is 0. The molecule has 2 atom stereocenters. The van der Waals surface area contributed by atoms with Crippen molar-refractivity contribution in [2.45, 2.75) is 85.1 Å². The highest BCUT2D eigenvalue weighted by Crippen LogP contribution is 2.38. The quantitative estimate of drug-likeness (QED) is 0.753. The molecule has 1 heteroatoms. The molecule has 1 saturated carbocycles. The minimum atomic E-state index is 0.144. The van der Waals surface area contributed by atoms with Crippen molar-refractivity contribution in [2.24, 2.45) is 23.0 Å². The zero-order valence-electron chi connectivity index (χ0n) is 12.7. The topological polar surface area (TPSA) is 26.0 Å². The molecule has 1 aliphatic rings. The molecule has 1 fully saturated rings. The van der Waals surface area contributed by atoms with Crippen LogP contribution in [0.2, 0.25) is 0 Å². The Morgan fingerprint density at radius 2 is 1.94 bits per heavy atom. The normalized spacial score (nSPS) is 30.9. The number of hydrogen-bond donors (Lipinski definition) is 1. The zero-order valence-corrected chi connectivity index (χ0v) is 12.7. The van der Waals surface area contributed by atoms with Gasteiger partial charge in [-0.15, -0.1) is 0 Å². The highest BCUT2D eigenvalue weighted by molar-refractivity contribution is 4.91. The summed E-state index contributed by atoms with van der Waals surface area (Å²) >= 11 is 0. The van der Waals surface area contributed by atoms with Crippen LogP contribution < -0.4 is 5.73 Å². The second-order valence-corrected chi connectivity index (χ2v) is 8.01. The summed E-state index contributed by atoms with van der Waals surface area (Å²) in [5.74, 6) is 1.71. The molecule has 0 aromatic carbocycles. The maximum absolute atomic E-state index is 6.63. The largest absolute Gasteiger partial charge is 0.325 e. The molecule has 0 amide bonds. The van der Waals surface area contributed by atoms with Gasteiger partial charge in [-0.3, -0.25) is 0 Å². The van der Waals surface area contributed by atoms with Crippen molar-refractivity contribution in [1.29, 1.82) is 0 Å². The van der Waals surface area contributed by atoms with E-state index >= 15 is 0 Å². The van der Waals surface area contributed by atoms with Gasteiger partial charge in [-0.25, -0.2) is 0 Å². The van der Waals surface area contributed by atoms with Crippen molar-refractivity contribution in [1.82, 2.24) is 0 Å². The SMILES string of the molecule is CC(C)CC1CCCC(N)(CCC(C)(C)C)C1. The second kappa shape index (κ2) is 5.73. The molecule has 0 aromatic rings. The van der Waals surface area contributed by atoms with Gasteiger partial charge in [-0.05, 0) is 49.4 Å². The Balaban J connectivity index is 2.45. The molecule has 0 aliphatic heterocycles. The van der Waals surface area contributed by atoms with Crippen molar-refractivity contribution < 1.29 is 0 Å². The summed E-state index contributed by atoms with van der Waals surface area (Å²) in [7, 11) is 0.